The number of nitro groups is 1. The highest BCUT2D eigenvalue weighted by Crippen LogP contribution is 2.24. The molecule has 1 atom stereocenters. The molecule has 0 spiro atoms. The Morgan fingerprint density at radius 2 is 2.06 bits per heavy atom. The average molecular weight is 247 g/mol. The molecule has 1 aromatic carbocycles. The molecule has 0 fully saturated rings. The second kappa shape index (κ2) is 5.77. The number of nitro benzene ring substituents is 1. The van der Waals surface area contributed by atoms with Crippen molar-refractivity contribution in [3.05, 3.63) is 34.4 Å². The van der Waals surface area contributed by atoms with E-state index in [4.69, 9.17) is 5.26 Å². The Hall–Kier alpha value is -2.42. The summed E-state index contributed by atoms with van der Waals surface area (Å²) in [4.78, 5) is 22.0. The first-order valence-corrected chi connectivity index (χ1v) is 5.41. The van der Waals surface area contributed by atoms with Crippen LogP contribution in [-0.2, 0) is 4.79 Å². The molecule has 6 heteroatoms. The molecule has 0 aliphatic carbocycles. The van der Waals surface area contributed by atoms with Gasteiger partial charge in [0.25, 0.3) is 5.69 Å². The normalized spacial score (nSPS) is 11.7. The van der Waals surface area contributed by atoms with Gasteiger partial charge in [-0.3, -0.25) is 14.9 Å². The number of benzene rings is 1. The number of nitriles is 1. The van der Waals surface area contributed by atoms with E-state index in [1.807, 2.05) is 6.07 Å². The second-order valence-corrected chi connectivity index (χ2v) is 4.11. The first-order chi connectivity index (χ1) is 8.47. The van der Waals surface area contributed by atoms with Crippen molar-refractivity contribution in [2.24, 2.45) is 11.8 Å². The van der Waals surface area contributed by atoms with Crippen LogP contribution in [0, 0.1) is 33.3 Å². The van der Waals surface area contributed by atoms with Crippen LogP contribution in [0.2, 0.25) is 0 Å². The van der Waals surface area contributed by atoms with Gasteiger partial charge in [-0.1, -0.05) is 26.0 Å². The molecule has 1 N–H and O–H groups in total. The van der Waals surface area contributed by atoms with Crippen molar-refractivity contribution in [3.8, 4) is 6.07 Å². The van der Waals surface area contributed by atoms with Gasteiger partial charge in [0.15, 0.2) is 0 Å². The number of hydrogen-bond donors (Lipinski definition) is 1. The monoisotopic (exact) mass is 247 g/mol. The Balaban J connectivity index is 2.95. The van der Waals surface area contributed by atoms with Crippen molar-refractivity contribution in [2.75, 3.05) is 5.32 Å². The summed E-state index contributed by atoms with van der Waals surface area (Å²) < 4.78 is 0. The molecule has 0 aliphatic heterocycles. The molecule has 0 radical (unpaired) electrons. The molecule has 0 aliphatic rings. The number of hydrogen-bond acceptors (Lipinski definition) is 4. The molecule has 1 rings (SSSR count). The Kier molecular flexibility index (Phi) is 4.38. The fraction of sp³-hybridized carbons (Fsp3) is 0.333. The minimum atomic E-state index is -0.829. The predicted octanol–water partition coefficient (Wildman–Crippen LogP) is 2.33. The van der Waals surface area contributed by atoms with Crippen molar-refractivity contribution in [2.45, 2.75) is 13.8 Å². The summed E-state index contributed by atoms with van der Waals surface area (Å²) >= 11 is 0. The Morgan fingerprint density at radius 3 is 2.56 bits per heavy atom. The average Bonchev–Trinajstić information content (AvgIpc) is 2.29. The van der Waals surface area contributed by atoms with Gasteiger partial charge in [0.05, 0.1) is 11.0 Å². The number of rotatable bonds is 4. The molecule has 0 saturated heterocycles. The minimum absolute atomic E-state index is 0.105. The van der Waals surface area contributed by atoms with Crippen LogP contribution in [0.25, 0.3) is 0 Å². The highest BCUT2D eigenvalue weighted by molar-refractivity contribution is 5.96. The summed E-state index contributed by atoms with van der Waals surface area (Å²) in [5.41, 5.74) is -0.0836. The topological polar surface area (TPSA) is 96.0 Å². The van der Waals surface area contributed by atoms with E-state index in [-0.39, 0.29) is 17.3 Å². The van der Waals surface area contributed by atoms with Gasteiger partial charge in [-0.05, 0) is 12.0 Å². The minimum Gasteiger partial charge on any atom is -0.319 e. The Morgan fingerprint density at radius 1 is 1.44 bits per heavy atom. The first kappa shape index (κ1) is 13.6. The Labute approximate surface area is 104 Å². The van der Waals surface area contributed by atoms with Gasteiger partial charge in [0, 0.05) is 6.07 Å². The zero-order valence-corrected chi connectivity index (χ0v) is 10.1. The lowest BCUT2D eigenvalue weighted by molar-refractivity contribution is -0.383. The highest BCUT2D eigenvalue weighted by atomic mass is 16.6. The summed E-state index contributed by atoms with van der Waals surface area (Å²) in [6, 6.07) is 7.72. The molecular weight excluding hydrogens is 234 g/mol. The van der Waals surface area contributed by atoms with Crippen LogP contribution >= 0.6 is 0 Å². The molecular formula is C12H13N3O3. The second-order valence-electron chi connectivity index (χ2n) is 4.11. The number of nitrogens with one attached hydrogen (secondary N) is 1. The van der Waals surface area contributed by atoms with Crippen LogP contribution in [-0.4, -0.2) is 10.8 Å². The molecule has 94 valence electrons. The van der Waals surface area contributed by atoms with Gasteiger partial charge in [-0.2, -0.15) is 5.26 Å². The molecule has 0 aromatic heterocycles. The lowest BCUT2D eigenvalue weighted by Gasteiger charge is -2.12. The van der Waals surface area contributed by atoms with Crippen LogP contribution in [0.5, 0.6) is 0 Å². The fourth-order valence-corrected chi connectivity index (χ4v) is 1.46. The van der Waals surface area contributed by atoms with E-state index in [1.54, 1.807) is 19.9 Å². The molecule has 1 unspecified atom stereocenters. The third-order valence-corrected chi connectivity index (χ3v) is 2.45. The van der Waals surface area contributed by atoms with Crippen LogP contribution in [0.3, 0.4) is 0 Å². The maximum absolute atomic E-state index is 11.8. The lowest BCUT2D eigenvalue weighted by Crippen LogP contribution is -2.25. The van der Waals surface area contributed by atoms with Crippen LogP contribution in [0.1, 0.15) is 13.8 Å². The van der Waals surface area contributed by atoms with E-state index >= 15 is 0 Å². The molecule has 1 amide bonds. The van der Waals surface area contributed by atoms with Crippen molar-refractivity contribution >= 4 is 17.3 Å². The van der Waals surface area contributed by atoms with E-state index in [9.17, 15) is 14.9 Å². The lowest BCUT2D eigenvalue weighted by atomic mass is 9.96. The number of amides is 1. The van der Waals surface area contributed by atoms with E-state index < -0.39 is 16.7 Å². The van der Waals surface area contributed by atoms with E-state index in [0.717, 1.165) is 0 Å². The van der Waals surface area contributed by atoms with E-state index in [0.29, 0.717) is 0 Å². The van der Waals surface area contributed by atoms with Crippen molar-refractivity contribution in [3.63, 3.8) is 0 Å². The summed E-state index contributed by atoms with van der Waals surface area (Å²) in [6.07, 6.45) is 0. The number of carbonyl (C=O) groups is 1. The smallest absolute Gasteiger partial charge is 0.292 e. The summed E-state index contributed by atoms with van der Waals surface area (Å²) in [6.45, 7) is 3.49. The van der Waals surface area contributed by atoms with Crippen LogP contribution in [0.4, 0.5) is 11.4 Å². The highest BCUT2D eigenvalue weighted by Gasteiger charge is 2.24. The van der Waals surface area contributed by atoms with Crippen LogP contribution in [0.15, 0.2) is 24.3 Å². The maximum atomic E-state index is 11.8. The van der Waals surface area contributed by atoms with Gasteiger partial charge in [0.1, 0.15) is 11.6 Å². The van der Waals surface area contributed by atoms with E-state index in [1.165, 1.54) is 18.2 Å². The number of carbonyl (C=O) groups excluding carboxylic acids is 1. The largest absolute Gasteiger partial charge is 0.319 e. The molecule has 0 bridgehead atoms. The van der Waals surface area contributed by atoms with Crippen molar-refractivity contribution in [1.82, 2.24) is 0 Å². The van der Waals surface area contributed by atoms with Crippen molar-refractivity contribution < 1.29 is 9.72 Å². The molecule has 6 nitrogen and oxygen atoms in total. The van der Waals surface area contributed by atoms with Gasteiger partial charge < -0.3 is 5.32 Å². The van der Waals surface area contributed by atoms with Gasteiger partial charge in [-0.25, -0.2) is 0 Å². The standard InChI is InChI=1S/C12H13N3O3/c1-8(2)9(7-13)12(16)14-10-5-3-4-6-11(10)15(17)18/h3-6,8-9H,1-2H3,(H,14,16). The zero-order chi connectivity index (χ0) is 13.7. The quantitative estimate of drug-likeness (QED) is 0.652. The Bertz CT molecular complexity index is 506. The number of anilines is 1. The third kappa shape index (κ3) is 3.04. The number of para-hydroxylation sites is 2. The van der Waals surface area contributed by atoms with E-state index in [2.05, 4.69) is 5.32 Å². The first-order valence-electron chi connectivity index (χ1n) is 5.41. The van der Waals surface area contributed by atoms with Gasteiger partial charge in [-0.15, -0.1) is 0 Å². The third-order valence-electron chi connectivity index (χ3n) is 2.45. The summed E-state index contributed by atoms with van der Waals surface area (Å²) in [5, 5.41) is 22.1. The van der Waals surface area contributed by atoms with Gasteiger partial charge in [0.2, 0.25) is 5.91 Å². The summed E-state index contributed by atoms with van der Waals surface area (Å²) in [7, 11) is 0. The number of nitrogens with zero attached hydrogens (tertiary/aromatic N) is 2. The zero-order valence-electron chi connectivity index (χ0n) is 10.1. The SMILES string of the molecule is CC(C)C(C#N)C(=O)Nc1ccccc1[N+](=O)[O-]. The maximum Gasteiger partial charge on any atom is 0.292 e. The van der Waals surface area contributed by atoms with Gasteiger partial charge >= 0.3 is 0 Å². The van der Waals surface area contributed by atoms with Crippen LogP contribution < -0.4 is 5.32 Å². The predicted molar refractivity (Wildman–Crippen MR) is 65.7 cm³/mol. The molecule has 0 heterocycles. The molecule has 18 heavy (non-hydrogen) atoms. The summed E-state index contributed by atoms with van der Waals surface area (Å²) in [5.74, 6) is -1.51. The van der Waals surface area contributed by atoms with Crippen molar-refractivity contribution in [1.29, 1.82) is 5.26 Å². The molecule has 1 aromatic rings. The fourth-order valence-electron chi connectivity index (χ4n) is 1.46. The molecule has 0 saturated carbocycles.